The molecular formula is C24H22N2O5S. The molecule has 1 aliphatic rings. The zero-order valence-electron chi connectivity index (χ0n) is 17.4. The van der Waals surface area contributed by atoms with Crippen molar-refractivity contribution in [2.45, 2.75) is 23.5 Å². The zero-order chi connectivity index (χ0) is 22.5. The second kappa shape index (κ2) is 9.74. The Morgan fingerprint density at radius 1 is 1.12 bits per heavy atom. The molecule has 2 heterocycles. The van der Waals surface area contributed by atoms with E-state index in [1.54, 1.807) is 43.5 Å². The number of nitrogens with one attached hydrogen (secondary N) is 1. The number of fused-ring (bicyclic) bond motifs is 1. The maximum Gasteiger partial charge on any atom is 0.340 e. The summed E-state index contributed by atoms with van der Waals surface area (Å²) in [6.45, 7) is 1.77. The summed E-state index contributed by atoms with van der Waals surface area (Å²) in [6.07, 6.45) is 1.78. The average Bonchev–Trinajstić information content (AvgIpc) is 3.29. The van der Waals surface area contributed by atoms with Crippen molar-refractivity contribution in [3.05, 3.63) is 78.3 Å². The number of thioether (sulfide) groups is 1. The fourth-order valence-electron chi connectivity index (χ4n) is 3.50. The minimum absolute atomic E-state index is 0.182. The third-order valence-corrected chi connectivity index (χ3v) is 6.23. The molecule has 3 aromatic rings. The number of carbonyl (C=O) groups is 3. The molecule has 1 N–H and O–H groups in total. The quantitative estimate of drug-likeness (QED) is 0.549. The molecule has 1 aliphatic heterocycles. The lowest BCUT2D eigenvalue weighted by Gasteiger charge is -2.22. The van der Waals surface area contributed by atoms with Gasteiger partial charge in [-0.25, -0.2) is 4.79 Å². The summed E-state index contributed by atoms with van der Waals surface area (Å²) >= 11 is 1.54. The van der Waals surface area contributed by atoms with E-state index in [0.717, 1.165) is 4.90 Å². The van der Waals surface area contributed by atoms with Gasteiger partial charge in [0.2, 0.25) is 11.8 Å². The lowest BCUT2D eigenvalue weighted by Crippen LogP contribution is -2.38. The first-order valence-corrected chi connectivity index (χ1v) is 11.1. The van der Waals surface area contributed by atoms with Crippen molar-refractivity contribution in [3.63, 3.8) is 0 Å². The van der Waals surface area contributed by atoms with E-state index in [4.69, 9.17) is 9.15 Å². The molecule has 0 aliphatic carbocycles. The SMILES string of the molecule is CCOC(=O)c1ccccc1NC(=O)CN1C(=O)C[C@@H](c2ccco2)Sc2ccccc21. The first-order chi connectivity index (χ1) is 15.6. The third kappa shape index (κ3) is 4.70. The molecule has 1 atom stereocenters. The number of para-hydroxylation sites is 2. The van der Waals surface area contributed by atoms with E-state index in [1.807, 2.05) is 30.3 Å². The highest BCUT2D eigenvalue weighted by atomic mass is 32.2. The minimum atomic E-state index is -0.516. The summed E-state index contributed by atoms with van der Waals surface area (Å²) in [6, 6.07) is 17.8. The molecular weight excluding hydrogens is 428 g/mol. The van der Waals surface area contributed by atoms with Crippen molar-refractivity contribution in [1.29, 1.82) is 0 Å². The standard InChI is InChI=1S/C24H22N2O5S/c1-2-30-24(29)16-8-3-4-9-17(16)25-22(27)15-26-18-10-5-6-12-20(18)32-21(14-23(26)28)19-11-7-13-31-19/h3-13,21H,2,14-15H2,1H3,(H,25,27)/t21-/m0/s1. The number of anilines is 2. The molecule has 0 unspecified atom stereocenters. The molecule has 7 nitrogen and oxygen atoms in total. The van der Waals surface area contributed by atoms with Gasteiger partial charge in [0.25, 0.3) is 0 Å². The monoisotopic (exact) mass is 450 g/mol. The van der Waals surface area contributed by atoms with Crippen LogP contribution < -0.4 is 10.2 Å². The summed E-state index contributed by atoms with van der Waals surface area (Å²) in [5.41, 5.74) is 1.28. The van der Waals surface area contributed by atoms with Gasteiger partial charge in [0.15, 0.2) is 0 Å². The van der Waals surface area contributed by atoms with Crippen LogP contribution >= 0.6 is 11.8 Å². The number of benzene rings is 2. The molecule has 1 aromatic heterocycles. The van der Waals surface area contributed by atoms with E-state index in [1.165, 1.54) is 16.7 Å². The Kier molecular flexibility index (Phi) is 6.61. The molecule has 2 amide bonds. The zero-order valence-corrected chi connectivity index (χ0v) is 18.3. The molecule has 0 saturated heterocycles. The van der Waals surface area contributed by atoms with Crippen LogP contribution in [0.4, 0.5) is 11.4 Å². The summed E-state index contributed by atoms with van der Waals surface area (Å²) in [4.78, 5) is 40.6. The Bertz CT molecular complexity index is 1130. The average molecular weight is 451 g/mol. The lowest BCUT2D eigenvalue weighted by atomic mass is 10.1. The number of furan rings is 1. The van der Waals surface area contributed by atoms with Gasteiger partial charge < -0.3 is 19.4 Å². The first kappa shape index (κ1) is 21.7. The molecule has 0 radical (unpaired) electrons. The predicted octanol–water partition coefficient (Wildman–Crippen LogP) is 4.67. The van der Waals surface area contributed by atoms with Crippen LogP contribution in [0.25, 0.3) is 0 Å². The maximum absolute atomic E-state index is 13.1. The van der Waals surface area contributed by atoms with Crippen molar-refractivity contribution in [1.82, 2.24) is 0 Å². The normalized spacial score (nSPS) is 15.6. The second-order valence-corrected chi connectivity index (χ2v) is 8.33. The van der Waals surface area contributed by atoms with E-state index in [0.29, 0.717) is 17.1 Å². The van der Waals surface area contributed by atoms with Crippen molar-refractivity contribution >= 4 is 40.9 Å². The number of hydrogen-bond donors (Lipinski definition) is 1. The van der Waals surface area contributed by atoms with Crippen molar-refractivity contribution in [2.75, 3.05) is 23.4 Å². The van der Waals surface area contributed by atoms with Crippen molar-refractivity contribution in [2.24, 2.45) is 0 Å². The molecule has 0 fully saturated rings. The van der Waals surface area contributed by atoms with E-state index < -0.39 is 11.9 Å². The van der Waals surface area contributed by atoms with Crippen molar-refractivity contribution < 1.29 is 23.5 Å². The van der Waals surface area contributed by atoms with E-state index in [-0.39, 0.29) is 36.3 Å². The molecule has 164 valence electrons. The van der Waals surface area contributed by atoms with Crippen molar-refractivity contribution in [3.8, 4) is 0 Å². The van der Waals surface area contributed by atoms with Crippen LogP contribution in [0.15, 0.2) is 76.2 Å². The number of ether oxygens (including phenoxy) is 1. The highest BCUT2D eigenvalue weighted by Gasteiger charge is 2.31. The number of rotatable bonds is 6. The lowest BCUT2D eigenvalue weighted by molar-refractivity contribution is -0.121. The van der Waals surface area contributed by atoms with E-state index in [2.05, 4.69) is 5.32 Å². The number of nitrogens with zero attached hydrogens (tertiary/aromatic N) is 1. The first-order valence-electron chi connectivity index (χ1n) is 10.2. The Labute approximate surface area is 189 Å². The van der Waals surface area contributed by atoms with Gasteiger partial charge in [-0.05, 0) is 43.3 Å². The van der Waals surface area contributed by atoms with Gasteiger partial charge in [-0.1, -0.05) is 24.3 Å². The predicted molar refractivity (Wildman–Crippen MR) is 122 cm³/mol. The van der Waals surface area contributed by atoms with Crippen LogP contribution in [0.1, 0.15) is 34.7 Å². The van der Waals surface area contributed by atoms with Crippen LogP contribution in [0, 0.1) is 0 Å². The van der Waals surface area contributed by atoms with Gasteiger partial charge in [0.1, 0.15) is 12.3 Å². The molecule has 4 rings (SSSR count). The fourth-order valence-corrected chi connectivity index (χ4v) is 4.74. The van der Waals surface area contributed by atoms with Crippen LogP contribution in [0.3, 0.4) is 0 Å². The van der Waals surface area contributed by atoms with Gasteiger partial charge in [0.05, 0.1) is 35.1 Å². The highest BCUT2D eigenvalue weighted by Crippen LogP contribution is 2.45. The molecule has 8 heteroatoms. The molecule has 2 aromatic carbocycles. The maximum atomic E-state index is 13.1. The molecule has 0 spiro atoms. The summed E-state index contributed by atoms with van der Waals surface area (Å²) in [5, 5.41) is 2.56. The molecule has 0 bridgehead atoms. The number of carbonyl (C=O) groups excluding carboxylic acids is 3. The van der Waals surface area contributed by atoms with Gasteiger partial charge in [0, 0.05) is 11.3 Å². The van der Waals surface area contributed by atoms with Crippen LogP contribution in [-0.2, 0) is 14.3 Å². The number of hydrogen-bond acceptors (Lipinski definition) is 6. The summed E-state index contributed by atoms with van der Waals surface area (Å²) < 4.78 is 10.6. The Balaban J connectivity index is 1.56. The van der Waals surface area contributed by atoms with Crippen LogP contribution in [0.5, 0.6) is 0 Å². The fraction of sp³-hybridized carbons (Fsp3) is 0.208. The Hall–Kier alpha value is -3.52. The number of esters is 1. The second-order valence-electron chi connectivity index (χ2n) is 7.09. The Morgan fingerprint density at radius 2 is 1.91 bits per heavy atom. The van der Waals surface area contributed by atoms with Gasteiger partial charge in [-0.15, -0.1) is 11.8 Å². The third-order valence-electron chi connectivity index (χ3n) is 4.95. The highest BCUT2D eigenvalue weighted by molar-refractivity contribution is 7.99. The topological polar surface area (TPSA) is 88.9 Å². The van der Waals surface area contributed by atoms with E-state index >= 15 is 0 Å². The molecule has 0 saturated carbocycles. The van der Waals surface area contributed by atoms with E-state index in [9.17, 15) is 14.4 Å². The largest absolute Gasteiger partial charge is 0.468 e. The van der Waals surface area contributed by atoms with Gasteiger partial charge >= 0.3 is 5.97 Å². The number of amides is 2. The smallest absolute Gasteiger partial charge is 0.340 e. The van der Waals surface area contributed by atoms with Gasteiger partial charge in [-0.3, -0.25) is 9.59 Å². The van der Waals surface area contributed by atoms with Crippen LogP contribution in [0.2, 0.25) is 0 Å². The van der Waals surface area contributed by atoms with Crippen LogP contribution in [-0.4, -0.2) is 30.9 Å². The Morgan fingerprint density at radius 3 is 2.69 bits per heavy atom. The molecule has 32 heavy (non-hydrogen) atoms. The summed E-state index contributed by atoms with van der Waals surface area (Å²) in [7, 11) is 0. The minimum Gasteiger partial charge on any atom is -0.468 e. The summed E-state index contributed by atoms with van der Waals surface area (Å²) in [5.74, 6) is -0.394. The van der Waals surface area contributed by atoms with Gasteiger partial charge in [-0.2, -0.15) is 0 Å².